The molecule has 1 N–H and O–H groups in total. The van der Waals surface area contributed by atoms with E-state index in [4.69, 9.17) is 5.41 Å². The molecule has 1 saturated heterocycles. The monoisotopic (exact) mass is 237 g/mol. The fourth-order valence-corrected chi connectivity index (χ4v) is 2.04. The number of carbonyl (C=O) groups excluding carboxylic acids is 1. The minimum Gasteiger partial charge on any atom is -0.298 e. The highest BCUT2D eigenvalue weighted by Gasteiger charge is 2.44. The Kier molecular flexibility index (Phi) is 2.91. The molecule has 0 aromatic heterocycles. The van der Waals surface area contributed by atoms with Crippen molar-refractivity contribution in [1.82, 2.24) is 9.80 Å². The first-order chi connectivity index (χ1) is 8.06. The molecule has 0 spiro atoms. The third-order valence-electron chi connectivity index (χ3n) is 2.76. The molecule has 0 bridgehead atoms. The van der Waals surface area contributed by atoms with Gasteiger partial charge in [-0.05, 0) is 11.1 Å². The van der Waals surface area contributed by atoms with Gasteiger partial charge in [-0.25, -0.2) is 0 Å². The minimum absolute atomic E-state index is 0.0596. The van der Waals surface area contributed by atoms with Crippen LogP contribution in [-0.4, -0.2) is 53.2 Å². The zero-order chi connectivity index (χ0) is 12.6. The highest BCUT2D eigenvalue weighted by atomic mass is 16.3. The van der Waals surface area contributed by atoms with E-state index in [-0.39, 0.29) is 5.84 Å². The summed E-state index contributed by atoms with van der Waals surface area (Å²) in [5.41, 5.74) is 0. The summed E-state index contributed by atoms with van der Waals surface area (Å²) >= 11 is 0. The summed E-state index contributed by atoms with van der Waals surface area (Å²) in [5.74, 6) is 0.312. The van der Waals surface area contributed by atoms with Gasteiger partial charge in [0.25, 0.3) is 5.91 Å². The number of nitrogens with one attached hydrogen (secondary N) is 1. The van der Waals surface area contributed by atoms with E-state index in [0.717, 1.165) is 0 Å². The van der Waals surface area contributed by atoms with Crippen LogP contribution in [0.2, 0.25) is 0 Å². The van der Waals surface area contributed by atoms with Crippen molar-refractivity contribution in [3.8, 4) is 0 Å². The Morgan fingerprint density at radius 2 is 2.29 bits per heavy atom. The van der Waals surface area contributed by atoms with E-state index in [1.807, 2.05) is 13.8 Å². The van der Waals surface area contributed by atoms with Gasteiger partial charge in [-0.15, -0.1) is 4.91 Å². The lowest BCUT2D eigenvalue weighted by atomic mass is 10.1. The number of fused-ring (bicyclic) bond motifs is 1. The van der Waals surface area contributed by atoms with Gasteiger partial charge < -0.3 is 0 Å². The fourth-order valence-electron chi connectivity index (χ4n) is 2.04. The zero-order valence-electron chi connectivity index (χ0n) is 9.88. The number of amides is 1. The van der Waals surface area contributed by atoms with E-state index in [1.54, 1.807) is 4.90 Å². The normalized spacial score (nSPS) is 24.2. The van der Waals surface area contributed by atoms with Crippen molar-refractivity contribution in [3.05, 3.63) is 4.91 Å². The van der Waals surface area contributed by atoms with Crippen molar-refractivity contribution in [3.63, 3.8) is 0 Å². The number of rotatable bonds is 3. The maximum atomic E-state index is 11.9. The molecule has 1 atom stereocenters. The van der Waals surface area contributed by atoms with Gasteiger partial charge in [-0.1, -0.05) is 13.8 Å². The second kappa shape index (κ2) is 4.23. The number of nitrogens with zero attached hydrogens (tertiary/aromatic N) is 4. The molecule has 1 fully saturated rings. The molecule has 0 aromatic rings. The van der Waals surface area contributed by atoms with Gasteiger partial charge in [0.1, 0.15) is 5.84 Å². The van der Waals surface area contributed by atoms with Crippen LogP contribution in [0.3, 0.4) is 0 Å². The van der Waals surface area contributed by atoms with Crippen LogP contribution in [0.4, 0.5) is 0 Å². The summed E-state index contributed by atoms with van der Waals surface area (Å²) in [6.45, 7) is 5.57. The van der Waals surface area contributed by atoms with Crippen LogP contribution < -0.4 is 0 Å². The van der Waals surface area contributed by atoms with Crippen molar-refractivity contribution in [2.45, 2.75) is 19.9 Å². The van der Waals surface area contributed by atoms with E-state index < -0.39 is 11.9 Å². The summed E-state index contributed by atoms with van der Waals surface area (Å²) in [6.07, 6.45) is 0. The van der Waals surface area contributed by atoms with Gasteiger partial charge in [-0.2, -0.15) is 0 Å². The quantitative estimate of drug-likeness (QED) is 0.714. The van der Waals surface area contributed by atoms with E-state index >= 15 is 0 Å². The SMILES string of the molecule is CC(C)CN1C(=N)C(N=O)C(=O)N2CCN=C12. The third-order valence-corrected chi connectivity index (χ3v) is 2.76. The Hall–Kier alpha value is -1.79. The maximum absolute atomic E-state index is 11.9. The Morgan fingerprint density at radius 1 is 1.59 bits per heavy atom. The van der Waals surface area contributed by atoms with Crippen molar-refractivity contribution in [2.24, 2.45) is 16.1 Å². The first kappa shape index (κ1) is 11.7. The molecule has 2 heterocycles. The van der Waals surface area contributed by atoms with Gasteiger partial charge in [-0.3, -0.25) is 25.0 Å². The smallest absolute Gasteiger partial charge is 0.265 e. The zero-order valence-corrected chi connectivity index (χ0v) is 9.88. The topological polar surface area (TPSA) is 89.2 Å². The van der Waals surface area contributed by atoms with Crippen LogP contribution in [0.15, 0.2) is 10.2 Å². The first-order valence-electron chi connectivity index (χ1n) is 5.60. The Bertz CT molecular complexity index is 404. The van der Waals surface area contributed by atoms with E-state index in [9.17, 15) is 9.70 Å². The first-order valence-corrected chi connectivity index (χ1v) is 5.60. The number of aliphatic imine (C=N–C) groups is 1. The summed E-state index contributed by atoms with van der Waals surface area (Å²) in [4.78, 5) is 29.9. The summed E-state index contributed by atoms with van der Waals surface area (Å²) in [5, 5.41) is 10.6. The standard InChI is InChI=1S/C10H15N5O2/c1-6(2)5-15-8(11)7(13-17)9(16)14-4-3-12-10(14)15/h6-7,11H,3-5H2,1-2H3. The molecule has 0 radical (unpaired) electrons. The van der Waals surface area contributed by atoms with Crippen molar-refractivity contribution in [1.29, 1.82) is 5.41 Å². The molecule has 92 valence electrons. The number of carbonyl (C=O) groups is 1. The molecule has 7 heteroatoms. The molecule has 2 rings (SSSR count). The fraction of sp³-hybridized carbons (Fsp3) is 0.700. The number of nitroso groups, excluding NO2 is 1. The van der Waals surface area contributed by atoms with Crippen molar-refractivity contribution in [2.75, 3.05) is 19.6 Å². The van der Waals surface area contributed by atoms with E-state index in [1.165, 1.54) is 4.90 Å². The average Bonchev–Trinajstić information content (AvgIpc) is 2.73. The molecule has 7 nitrogen and oxygen atoms in total. The van der Waals surface area contributed by atoms with Crippen LogP contribution in [0, 0.1) is 16.2 Å². The lowest BCUT2D eigenvalue weighted by Gasteiger charge is -2.37. The van der Waals surface area contributed by atoms with Crippen LogP contribution >= 0.6 is 0 Å². The lowest BCUT2D eigenvalue weighted by Crippen LogP contribution is -2.61. The molecular formula is C10H15N5O2. The maximum Gasteiger partial charge on any atom is 0.265 e. The van der Waals surface area contributed by atoms with Crippen LogP contribution in [0.5, 0.6) is 0 Å². The lowest BCUT2D eigenvalue weighted by molar-refractivity contribution is -0.128. The van der Waals surface area contributed by atoms with Gasteiger partial charge in [0.15, 0.2) is 0 Å². The van der Waals surface area contributed by atoms with Gasteiger partial charge in [0.2, 0.25) is 12.0 Å². The third kappa shape index (κ3) is 1.81. The van der Waals surface area contributed by atoms with Crippen LogP contribution in [-0.2, 0) is 4.79 Å². The number of hydrogen-bond donors (Lipinski definition) is 1. The predicted octanol–water partition coefficient (Wildman–Crippen LogP) is 0.268. The Balaban J connectivity index is 2.33. The summed E-state index contributed by atoms with van der Waals surface area (Å²) < 4.78 is 0. The van der Waals surface area contributed by atoms with Crippen LogP contribution in [0.25, 0.3) is 0 Å². The largest absolute Gasteiger partial charge is 0.298 e. The second-order valence-corrected chi connectivity index (χ2v) is 4.57. The van der Waals surface area contributed by atoms with Crippen molar-refractivity contribution >= 4 is 17.7 Å². The molecule has 1 amide bonds. The number of guanidine groups is 1. The van der Waals surface area contributed by atoms with Gasteiger partial charge in [0.05, 0.1) is 6.54 Å². The minimum atomic E-state index is -1.22. The molecule has 2 aliphatic heterocycles. The number of hydrogen-bond acceptors (Lipinski definition) is 5. The molecule has 2 aliphatic rings. The highest BCUT2D eigenvalue weighted by molar-refractivity contribution is 6.21. The van der Waals surface area contributed by atoms with Crippen molar-refractivity contribution < 1.29 is 4.79 Å². The summed E-state index contributed by atoms with van der Waals surface area (Å²) in [7, 11) is 0. The molecular weight excluding hydrogens is 222 g/mol. The molecule has 17 heavy (non-hydrogen) atoms. The van der Waals surface area contributed by atoms with Crippen LogP contribution in [0.1, 0.15) is 13.8 Å². The molecule has 1 unspecified atom stereocenters. The second-order valence-electron chi connectivity index (χ2n) is 4.57. The molecule has 0 aliphatic carbocycles. The highest BCUT2D eigenvalue weighted by Crippen LogP contribution is 2.20. The average molecular weight is 237 g/mol. The Labute approximate surface area is 99.0 Å². The molecule has 0 aromatic carbocycles. The molecule has 0 saturated carbocycles. The predicted molar refractivity (Wildman–Crippen MR) is 62.9 cm³/mol. The van der Waals surface area contributed by atoms with Gasteiger partial charge in [0, 0.05) is 13.1 Å². The number of amidine groups is 1. The Morgan fingerprint density at radius 3 is 2.88 bits per heavy atom. The van der Waals surface area contributed by atoms with Gasteiger partial charge >= 0.3 is 0 Å². The summed E-state index contributed by atoms with van der Waals surface area (Å²) in [6, 6.07) is -1.22. The van der Waals surface area contributed by atoms with E-state index in [2.05, 4.69) is 10.2 Å². The van der Waals surface area contributed by atoms with E-state index in [0.29, 0.717) is 31.5 Å².